The summed E-state index contributed by atoms with van der Waals surface area (Å²) in [6.07, 6.45) is 4.98. The average Bonchev–Trinajstić information content (AvgIpc) is 2.89. The van der Waals surface area contributed by atoms with Crippen molar-refractivity contribution in [3.05, 3.63) is 17.5 Å². The fourth-order valence-corrected chi connectivity index (χ4v) is 2.89. The molecule has 1 aliphatic rings. The Balaban J connectivity index is 1.69. The molecule has 108 valence electrons. The quantitative estimate of drug-likeness (QED) is 0.875. The molecule has 2 aromatic rings. The van der Waals surface area contributed by atoms with Crippen LogP contribution in [0.3, 0.4) is 0 Å². The van der Waals surface area contributed by atoms with Gasteiger partial charge in [0, 0.05) is 25.2 Å². The van der Waals surface area contributed by atoms with Crippen LogP contribution in [0.25, 0.3) is 5.78 Å². The molecule has 1 fully saturated rings. The molecule has 3 heterocycles. The first-order valence-corrected chi connectivity index (χ1v) is 7.49. The summed E-state index contributed by atoms with van der Waals surface area (Å²) in [4.78, 5) is 10.7. The van der Waals surface area contributed by atoms with E-state index < -0.39 is 0 Å². The molecule has 20 heavy (non-hydrogen) atoms. The van der Waals surface area contributed by atoms with Gasteiger partial charge in [-0.1, -0.05) is 18.5 Å². The van der Waals surface area contributed by atoms with Crippen LogP contribution in [0, 0.1) is 0 Å². The number of fused-ring (bicyclic) bond motifs is 1. The van der Waals surface area contributed by atoms with E-state index in [2.05, 4.69) is 32.2 Å². The zero-order valence-corrected chi connectivity index (χ0v) is 12.3. The first-order valence-electron chi connectivity index (χ1n) is 7.11. The highest BCUT2D eigenvalue weighted by atomic mass is 35.5. The second kappa shape index (κ2) is 5.93. The van der Waals surface area contributed by atoms with E-state index in [1.165, 1.54) is 19.3 Å². The zero-order valence-electron chi connectivity index (χ0n) is 11.6. The summed E-state index contributed by atoms with van der Waals surface area (Å²) in [6, 6.07) is 2.26. The molecule has 2 aromatic heterocycles. The Morgan fingerprint density at radius 2 is 2.20 bits per heavy atom. The van der Waals surface area contributed by atoms with E-state index in [0.717, 1.165) is 31.7 Å². The predicted octanol–water partition coefficient (Wildman–Crippen LogP) is 2.06. The largest absolute Gasteiger partial charge is 0.367 e. The summed E-state index contributed by atoms with van der Waals surface area (Å²) < 4.78 is 1.70. The van der Waals surface area contributed by atoms with Gasteiger partial charge in [-0.2, -0.15) is 19.6 Å². The number of aromatic nitrogens is 4. The van der Waals surface area contributed by atoms with Gasteiger partial charge in [0.05, 0.1) is 0 Å². The summed E-state index contributed by atoms with van der Waals surface area (Å²) in [5.74, 6) is 1.40. The average molecular weight is 295 g/mol. The molecule has 0 radical (unpaired) electrons. The second-order valence-electron chi connectivity index (χ2n) is 5.20. The van der Waals surface area contributed by atoms with Crippen molar-refractivity contribution < 1.29 is 0 Å². The van der Waals surface area contributed by atoms with Crippen LogP contribution in [0.2, 0.25) is 5.15 Å². The molecular weight excluding hydrogens is 276 g/mol. The van der Waals surface area contributed by atoms with Crippen LogP contribution in [-0.4, -0.2) is 50.2 Å². The molecule has 3 rings (SSSR count). The minimum absolute atomic E-state index is 0.441. The van der Waals surface area contributed by atoms with E-state index >= 15 is 0 Å². The number of nitrogens with one attached hydrogen (secondary N) is 1. The lowest BCUT2D eigenvalue weighted by Crippen LogP contribution is -2.39. The van der Waals surface area contributed by atoms with Gasteiger partial charge in [0.1, 0.15) is 17.3 Å². The third-order valence-corrected chi connectivity index (χ3v) is 3.89. The molecule has 7 heteroatoms. The predicted molar refractivity (Wildman–Crippen MR) is 79.2 cm³/mol. The number of hydrogen-bond acceptors (Lipinski definition) is 5. The fraction of sp³-hybridized carbons (Fsp3) is 0.615. The van der Waals surface area contributed by atoms with Crippen LogP contribution < -0.4 is 5.32 Å². The molecule has 0 bridgehead atoms. The molecule has 1 N–H and O–H groups in total. The van der Waals surface area contributed by atoms with E-state index in [1.54, 1.807) is 4.52 Å². The molecule has 0 atom stereocenters. The van der Waals surface area contributed by atoms with Gasteiger partial charge in [0.15, 0.2) is 0 Å². The van der Waals surface area contributed by atoms with E-state index in [9.17, 15) is 0 Å². The van der Waals surface area contributed by atoms with Crippen LogP contribution in [-0.2, 0) is 0 Å². The summed E-state index contributed by atoms with van der Waals surface area (Å²) in [5.41, 5.74) is 0. The Labute approximate surface area is 123 Å². The van der Waals surface area contributed by atoms with Gasteiger partial charge in [-0.05, 0) is 25.8 Å². The smallest absolute Gasteiger partial charge is 0.255 e. The van der Waals surface area contributed by atoms with Crippen LogP contribution in [0.4, 0.5) is 5.82 Å². The lowest BCUT2D eigenvalue weighted by Gasteiger charge is -2.32. The minimum atomic E-state index is 0.441. The molecule has 0 spiro atoms. The Bertz CT molecular complexity index is 575. The summed E-state index contributed by atoms with van der Waals surface area (Å²) in [5, 5.41) is 8.15. The summed E-state index contributed by atoms with van der Waals surface area (Å²) >= 11 is 6.02. The lowest BCUT2D eigenvalue weighted by atomic mass is 10.0. The molecule has 6 nitrogen and oxygen atoms in total. The molecule has 1 aliphatic heterocycles. The van der Waals surface area contributed by atoms with Gasteiger partial charge in [0.2, 0.25) is 0 Å². The van der Waals surface area contributed by atoms with Crippen LogP contribution in [0.15, 0.2) is 12.4 Å². The highest BCUT2D eigenvalue weighted by Crippen LogP contribution is 2.19. The van der Waals surface area contributed by atoms with Crippen molar-refractivity contribution >= 4 is 23.2 Å². The Kier molecular flexibility index (Phi) is 4.03. The van der Waals surface area contributed by atoms with E-state index in [-0.39, 0.29) is 0 Å². The van der Waals surface area contributed by atoms with Crippen LogP contribution in [0.5, 0.6) is 0 Å². The van der Waals surface area contributed by atoms with Gasteiger partial charge < -0.3 is 10.2 Å². The number of nitrogens with zero attached hydrogens (tertiary/aromatic N) is 5. The zero-order chi connectivity index (χ0) is 13.9. The van der Waals surface area contributed by atoms with Crippen molar-refractivity contribution in [2.24, 2.45) is 0 Å². The maximum Gasteiger partial charge on any atom is 0.255 e. The Morgan fingerprint density at radius 1 is 1.40 bits per heavy atom. The van der Waals surface area contributed by atoms with Crippen molar-refractivity contribution in [3.8, 4) is 0 Å². The van der Waals surface area contributed by atoms with Crippen molar-refractivity contribution in [2.45, 2.75) is 32.2 Å². The highest BCUT2D eigenvalue weighted by Gasteiger charge is 2.19. The first kappa shape index (κ1) is 13.6. The SMILES string of the molecule is CCCN1CCC(Nc2cc(Cl)nc3ncnn23)CC1. The fourth-order valence-electron chi connectivity index (χ4n) is 2.71. The number of hydrogen-bond donors (Lipinski definition) is 1. The van der Waals surface area contributed by atoms with Crippen molar-refractivity contribution in [1.82, 2.24) is 24.5 Å². The monoisotopic (exact) mass is 294 g/mol. The number of likely N-dealkylation sites (tertiary alicyclic amines) is 1. The summed E-state index contributed by atoms with van der Waals surface area (Å²) in [7, 11) is 0. The number of rotatable bonds is 4. The molecule has 1 saturated heterocycles. The highest BCUT2D eigenvalue weighted by molar-refractivity contribution is 6.29. The van der Waals surface area contributed by atoms with Gasteiger partial charge in [0.25, 0.3) is 5.78 Å². The van der Waals surface area contributed by atoms with E-state index in [1.807, 2.05) is 6.07 Å². The maximum atomic E-state index is 6.02. The second-order valence-corrected chi connectivity index (χ2v) is 5.58. The van der Waals surface area contributed by atoms with Crippen molar-refractivity contribution in [3.63, 3.8) is 0 Å². The molecule has 0 aliphatic carbocycles. The molecule has 0 unspecified atom stereocenters. The van der Waals surface area contributed by atoms with E-state index in [0.29, 0.717) is 17.0 Å². The number of anilines is 1. The van der Waals surface area contributed by atoms with Gasteiger partial charge in [-0.3, -0.25) is 0 Å². The normalized spacial score (nSPS) is 17.7. The molecule has 0 aromatic carbocycles. The van der Waals surface area contributed by atoms with E-state index in [4.69, 9.17) is 11.6 Å². The third kappa shape index (κ3) is 2.86. The van der Waals surface area contributed by atoms with Crippen LogP contribution >= 0.6 is 11.6 Å². The standard InChI is InChI=1S/C13H19ClN6/c1-2-5-19-6-3-10(4-7-19)17-12-8-11(14)18-13-15-9-16-20(12)13/h8-10,17H,2-7H2,1H3. The Hall–Kier alpha value is -1.40. The van der Waals surface area contributed by atoms with Crippen LogP contribution in [0.1, 0.15) is 26.2 Å². The first-order chi connectivity index (χ1) is 9.76. The maximum absolute atomic E-state index is 6.02. The summed E-state index contributed by atoms with van der Waals surface area (Å²) in [6.45, 7) is 5.71. The molecule has 0 saturated carbocycles. The van der Waals surface area contributed by atoms with Gasteiger partial charge in [-0.25, -0.2) is 0 Å². The number of piperidine rings is 1. The molecule has 0 amide bonds. The topological polar surface area (TPSA) is 58.3 Å². The van der Waals surface area contributed by atoms with Gasteiger partial charge in [-0.15, -0.1) is 0 Å². The van der Waals surface area contributed by atoms with Crippen molar-refractivity contribution in [2.75, 3.05) is 25.0 Å². The Morgan fingerprint density at radius 3 is 2.95 bits per heavy atom. The number of halogens is 1. The molecular formula is C13H19ClN6. The third-order valence-electron chi connectivity index (χ3n) is 3.70. The van der Waals surface area contributed by atoms with Crippen molar-refractivity contribution in [1.29, 1.82) is 0 Å². The lowest BCUT2D eigenvalue weighted by molar-refractivity contribution is 0.219. The van der Waals surface area contributed by atoms with Gasteiger partial charge >= 0.3 is 0 Å². The minimum Gasteiger partial charge on any atom is -0.367 e.